The summed E-state index contributed by atoms with van der Waals surface area (Å²) >= 11 is 0. The van der Waals surface area contributed by atoms with Gasteiger partial charge in [0.2, 0.25) is 0 Å². The predicted molar refractivity (Wildman–Crippen MR) is 69.5 cm³/mol. The summed E-state index contributed by atoms with van der Waals surface area (Å²) in [6.07, 6.45) is 6.20. The Labute approximate surface area is 108 Å². The number of benzene rings is 1. The fourth-order valence-corrected chi connectivity index (χ4v) is 4.06. The fourth-order valence-electron chi connectivity index (χ4n) is 4.06. The highest BCUT2D eigenvalue weighted by Crippen LogP contribution is 2.51. The first kappa shape index (κ1) is 12.2. The summed E-state index contributed by atoms with van der Waals surface area (Å²) in [7, 11) is 0. The molecule has 4 atom stereocenters. The molecule has 1 N–H and O–H groups in total. The van der Waals surface area contributed by atoms with Crippen LogP contribution in [0.3, 0.4) is 0 Å². The van der Waals surface area contributed by atoms with Gasteiger partial charge in [-0.2, -0.15) is 0 Å². The van der Waals surface area contributed by atoms with Gasteiger partial charge in [-0.25, -0.2) is 4.39 Å². The first-order valence-corrected chi connectivity index (χ1v) is 7.03. The quantitative estimate of drug-likeness (QED) is 0.861. The van der Waals surface area contributed by atoms with Crippen molar-refractivity contribution in [3.8, 4) is 0 Å². The molecule has 18 heavy (non-hydrogen) atoms. The van der Waals surface area contributed by atoms with Crippen molar-refractivity contribution in [2.24, 2.45) is 17.8 Å². The molecule has 0 amide bonds. The minimum Gasteiger partial charge on any atom is -0.385 e. The monoisotopic (exact) mass is 248 g/mol. The molecular formula is C16H21FO. The lowest BCUT2D eigenvalue weighted by atomic mass is 9.78. The van der Waals surface area contributed by atoms with Crippen LogP contribution < -0.4 is 0 Å². The maximum Gasteiger partial charge on any atom is 0.123 e. The molecule has 0 radical (unpaired) electrons. The third-order valence-corrected chi connectivity index (χ3v) is 5.01. The van der Waals surface area contributed by atoms with Crippen LogP contribution in [-0.4, -0.2) is 5.11 Å². The molecule has 1 nitrogen and oxygen atoms in total. The van der Waals surface area contributed by atoms with Crippen LogP contribution in [0.15, 0.2) is 24.3 Å². The van der Waals surface area contributed by atoms with Crippen LogP contribution in [0, 0.1) is 23.6 Å². The first-order chi connectivity index (χ1) is 8.54. The van der Waals surface area contributed by atoms with Gasteiger partial charge in [0.25, 0.3) is 0 Å². The third-order valence-electron chi connectivity index (χ3n) is 5.01. The molecule has 1 aromatic carbocycles. The van der Waals surface area contributed by atoms with Crippen molar-refractivity contribution in [3.63, 3.8) is 0 Å². The molecule has 0 aliphatic heterocycles. The summed E-state index contributed by atoms with van der Waals surface area (Å²) in [6, 6.07) is 6.29. The zero-order chi connectivity index (χ0) is 12.8. The molecule has 0 heterocycles. The SMILES string of the molecule is CC(O)(CC1CC2CCC1C2)c1ccc(F)cc1. The Balaban J connectivity index is 1.72. The summed E-state index contributed by atoms with van der Waals surface area (Å²) in [4.78, 5) is 0. The molecule has 3 rings (SSSR count). The highest BCUT2D eigenvalue weighted by molar-refractivity contribution is 5.22. The summed E-state index contributed by atoms with van der Waals surface area (Å²) < 4.78 is 12.9. The first-order valence-electron chi connectivity index (χ1n) is 7.03. The van der Waals surface area contributed by atoms with Crippen LogP contribution in [0.5, 0.6) is 0 Å². The van der Waals surface area contributed by atoms with Gasteiger partial charge in [0.1, 0.15) is 5.82 Å². The topological polar surface area (TPSA) is 20.2 Å². The number of aliphatic hydroxyl groups is 1. The van der Waals surface area contributed by atoms with E-state index in [2.05, 4.69) is 0 Å². The number of hydrogen-bond acceptors (Lipinski definition) is 1. The largest absolute Gasteiger partial charge is 0.385 e. The minimum absolute atomic E-state index is 0.241. The molecule has 0 spiro atoms. The zero-order valence-corrected chi connectivity index (χ0v) is 10.9. The fraction of sp³-hybridized carbons (Fsp3) is 0.625. The lowest BCUT2D eigenvalue weighted by Crippen LogP contribution is -2.27. The normalized spacial score (nSPS) is 33.6. The molecule has 1 aromatic rings. The Morgan fingerprint density at radius 3 is 2.50 bits per heavy atom. The molecule has 0 saturated heterocycles. The van der Waals surface area contributed by atoms with Gasteiger partial charge in [0.05, 0.1) is 5.60 Å². The Kier molecular flexibility index (Phi) is 2.93. The van der Waals surface area contributed by atoms with Gasteiger partial charge in [-0.1, -0.05) is 18.6 Å². The molecule has 0 aromatic heterocycles. The molecule has 4 unspecified atom stereocenters. The lowest BCUT2D eigenvalue weighted by molar-refractivity contribution is 0.0204. The van der Waals surface area contributed by atoms with Crippen LogP contribution in [0.25, 0.3) is 0 Å². The van der Waals surface area contributed by atoms with Crippen molar-refractivity contribution in [3.05, 3.63) is 35.6 Å². The smallest absolute Gasteiger partial charge is 0.123 e. The average Bonchev–Trinajstić information content (AvgIpc) is 2.91. The van der Waals surface area contributed by atoms with E-state index in [4.69, 9.17) is 0 Å². The molecule has 2 heteroatoms. The zero-order valence-electron chi connectivity index (χ0n) is 10.9. The maximum absolute atomic E-state index is 12.9. The number of halogens is 1. The van der Waals surface area contributed by atoms with Crippen LogP contribution >= 0.6 is 0 Å². The van der Waals surface area contributed by atoms with E-state index < -0.39 is 5.60 Å². The van der Waals surface area contributed by atoms with Crippen molar-refractivity contribution in [1.82, 2.24) is 0 Å². The van der Waals surface area contributed by atoms with E-state index in [-0.39, 0.29) is 5.82 Å². The molecule has 2 saturated carbocycles. The number of hydrogen-bond donors (Lipinski definition) is 1. The Morgan fingerprint density at radius 1 is 1.22 bits per heavy atom. The van der Waals surface area contributed by atoms with E-state index in [0.29, 0.717) is 5.92 Å². The average molecular weight is 248 g/mol. The van der Waals surface area contributed by atoms with Gasteiger partial charge >= 0.3 is 0 Å². The van der Waals surface area contributed by atoms with Crippen molar-refractivity contribution >= 4 is 0 Å². The minimum atomic E-state index is -0.817. The molecule has 2 fully saturated rings. The van der Waals surface area contributed by atoms with Gasteiger partial charge in [-0.3, -0.25) is 0 Å². The highest BCUT2D eigenvalue weighted by Gasteiger charge is 2.42. The van der Waals surface area contributed by atoms with Gasteiger partial charge in [0.15, 0.2) is 0 Å². The summed E-state index contributed by atoms with van der Waals surface area (Å²) in [5.41, 5.74) is 0.0229. The van der Waals surface area contributed by atoms with Crippen molar-refractivity contribution in [2.45, 2.75) is 44.6 Å². The van der Waals surface area contributed by atoms with E-state index in [1.54, 1.807) is 12.1 Å². The van der Waals surface area contributed by atoms with Crippen molar-refractivity contribution in [1.29, 1.82) is 0 Å². The van der Waals surface area contributed by atoms with Crippen LogP contribution in [0.1, 0.15) is 44.6 Å². The molecule has 2 bridgehead atoms. The predicted octanol–water partition coefficient (Wildman–Crippen LogP) is 3.86. The number of fused-ring (bicyclic) bond motifs is 2. The van der Waals surface area contributed by atoms with E-state index in [1.165, 1.54) is 37.8 Å². The summed E-state index contributed by atoms with van der Waals surface area (Å²) in [5.74, 6) is 2.14. The van der Waals surface area contributed by atoms with Gasteiger partial charge in [-0.15, -0.1) is 0 Å². The second kappa shape index (κ2) is 4.34. The second-order valence-corrected chi connectivity index (χ2v) is 6.42. The molecule has 2 aliphatic carbocycles. The second-order valence-electron chi connectivity index (χ2n) is 6.42. The van der Waals surface area contributed by atoms with E-state index in [0.717, 1.165) is 23.8 Å². The highest BCUT2D eigenvalue weighted by atomic mass is 19.1. The summed E-state index contributed by atoms with van der Waals surface area (Å²) in [6.45, 7) is 1.87. The van der Waals surface area contributed by atoms with E-state index in [1.807, 2.05) is 6.92 Å². The van der Waals surface area contributed by atoms with Crippen LogP contribution in [0.4, 0.5) is 4.39 Å². The maximum atomic E-state index is 12.9. The van der Waals surface area contributed by atoms with E-state index in [9.17, 15) is 9.50 Å². The summed E-state index contributed by atoms with van der Waals surface area (Å²) in [5, 5.41) is 10.6. The standard InChI is InChI=1S/C16H21FO/c1-16(18,14-4-6-15(17)7-5-14)10-13-9-11-2-3-12(13)8-11/h4-7,11-13,18H,2-3,8-10H2,1H3. The van der Waals surface area contributed by atoms with Crippen molar-refractivity contribution < 1.29 is 9.50 Å². The third kappa shape index (κ3) is 2.18. The lowest BCUT2D eigenvalue weighted by Gasteiger charge is -2.31. The van der Waals surface area contributed by atoms with Gasteiger partial charge < -0.3 is 5.11 Å². The number of rotatable bonds is 3. The Bertz CT molecular complexity index is 423. The van der Waals surface area contributed by atoms with Crippen molar-refractivity contribution in [2.75, 3.05) is 0 Å². The van der Waals surface area contributed by atoms with Gasteiger partial charge in [0, 0.05) is 0 Å². The molecule has 98 valence electrons. The Hall–Kier alpha value is -0.890. The van der Waals surface area contributed by atoms with Gasteiger partial charge in [-0.05, 0) is 68.1 Å². The molecule has 2 aliphatic rings. The van der Waals surface area contributed by atoms with Crippen LogP contribution in [-0.2, 0) is 5.60 Å². The Morgan fingerprint density at radius 2 is 1.94 bits per heavy atom. The van der Waals surface area contributed by atoms with E-state index >= 15 is 0 Å². The van der Waals surface area contributed by atoms with Crippen LogP contribution in [0.2, 0.25) is 0 Å². The molecular weight excluding hydrogens is 227 g/mol.